The first kappa shape index (κ1) is 21.2. The average Bonchev–Trinajstić information content (AvgIpc) is 3.59. The van der Waals surface area contributed by atoms with Gasteiger partial charge in [0.25, 0.3) is 5.91 Å². The van der Waals surface area contributed by atoms with Crippen LogP contribution in [0.2, 0.25) is 0 Å². The van der Waals surface area contributed by atoms with E-state index in [2.05, 4.69) is 0 Å². The minimum atomic E-state index is -1.20. The first-order valence-corrected chi connectivity index (χ1v) is 11.0. The van der Waals surface area contributed by atoms with Crippen molar-refractivity contribution in [2.75, 3.05) is 13.2 Å². The predicted octanol–water partition coefficient (Wildman–Crippen LogP) is 4.20. The standard InChI is InChI=1S/C26H23NO6/c28-24(21-12-6-14-32-21)22-23(27(26(30)25(22)29)16-20-11-5-13-31-20)17-7-4-10-19(15-17)33-18-8-2-1-3-9-18/h1-4,6-10,12,14-15,20,22-23H,5,11,13,16H2. The van der Waals surface area contributed by atoms with Gasteiger partial charge in [0.1, 0.15) is 17.4 Å². The number of Topliss-reactive ketones (excluding diaryl/α,β-unsaturated/α-hetero) is 2. The van der Waals surface area contributed by atoms with Crippen LogP contribution in [-0.4, -0.2) is 41.6 Å². The van der Waals surface area contributed by atoms with Crippen LogP contribution in [-0.2, 0) is 14.3 Å². The Labute approximate surface area is 190 Å². The number of likely N-dealkylation sites (tertiary alicyclic amines) is 1. The summed E-state index contributed by atoms with van der Waals surface area (Å²) in [6, 6.07) is 18.8. The molecule has 2 aromatic carbocycles. The highest BCUT2D eigenvalue weighted by molar-refractivity contribution is 6.43. The monoisotopic (exact) mass is 445 g/mol. The number of carbonyl (C=O) groups excluding carboxylic acids is 3. The third-order valence-electron chi connectivity index (χ3n) is 6.05. The van der Waals surface area contributed by atoms with Crippen molar-refractivity contribution in [2.24, 2.45) is 5.92 Å². The van der Waals surface area contributed by atoms with Gasteiger partial charge in [-0.25, -0.2) is 0 Å². The molecule has 3 unspecified atom stereocenters. The van der Waals surface area contributed by atoms with Crippen LogP contribution in [0.1, 0.15) is 35.0 Å². The largest absolute Gasteiger partial charge is 0.461 e. The summed E-state index contributed by atoms with van der Waals surface area (Å²) in [5, 5.41) is 0. The van der Waals surface area contributed by atoms with Crippen molar-refractivity contribution in [2.45, 2.75) is 25.0 Å². The van der Waals surface area contributed by atoms with Crippen molar-refractivity contribution in [3.63, 3.8) is 0 Å². The Bertz CT molecular complexity index is 1150. The number of rotatable bonds is 7. The highest BCUT2D eigenvalue weighted by Crippen LogP contribution is 2.40. The Morgan fingerprint density at radius 2 is 1.82 bits per heavy atom. The van der Waals surface area contributed by atoms with Crippen LogP contribution >= 0.6 is 0 Å². The molecule has 0 radical (unpaired) electrons. The Morgan fingerprint density at radius 3 is 2.55 bits per heavy atom. The second-order valence-electron chi connectivity index (χ2n) is 8.21. The number of ether oxygens (including phenoxy) is 2. The van der Waals surface area contributed by atoms with Gasteiger partial charge in [0.2, 0.25) is 11.6 Å². The second-order valence-corrected chi connectivity index (χ2v) is 8.21. The fourth-order valence-electron chi connectivity index (χ4n) is 4.52. The zero-order valence-electron chi connectivity index (χ0n) is 17.9. The van der Waals surface area contributed by atoms with Crippen LogP contribution in [0.3, 0.4) is 0 Å². The van der Waals surface area contributed by atoms with E-state index in [-0.39, 0.29) is 18.4 Å². The maximum atomic E-state index is 13.3. The fourth-order valence-corrected chi connectivity index (χ4v) is 4.52. The molecular weight excluding hydrogens is 422 g/mol. The summed E-state index contributed by atoms with van der Waals surface area (Å²) in [5.74, 6) is -1.84. The summed E-state index contributed by atoms with van der Waals surface area (Å²) in [4.78, 5) is 40.8. The molecule has 0 saturated carbocycles. The number of para-hydroxylation sites is 1. The molecule has 3 atom stereocenters. The lowest BCUT2D eigenvalue weighted by atomic mass is 9.88. The molecule has 33 heavy (non-hydrogen) atoms. The van der Waals surface area contributed by atoms with Gasteiger partial charge in [0, 0.05) is 13.2 Å². The minimum absolute atomic E-state index is 0.0572. The summed E-state index contributed by atoms with van der Waals surface area (Å²) in [6.07, 6.45) is 2.92. The van der Waals surface area contributed by atoms with Gasteiger partial charge < -0.3 is 18.8 Å². The minimum Gasteiger partial charge on any atom is -0.461 e. The number of nitrogens with zero attached hydrogens (tertiary/aromatic N) is 1. The van der Waals surface area contributed by atoms with E-state index in [9.17, 15) is 14.4 Å². The number of ketones is 2. The summed E-state index contributed by atoms with van der Waals surface area (Å²) in [7, 11) is 0. The number of furan rings is 1. The van der Waals surface area contributed by atoms with Gasteiger partial charge in [-0.05, 0) is 54.8 Å². The molecule has 2 fully saturated rings. The molecule has 2 aliphatic heterocycles. The van der Waals surface area contributed by atoms with E-state index >= 15 is 0 Å². The second kappa shape index (κ2) is 9.03. The Morgan fingerprint density at radius 1 is 1.00 bits per heavy atom. The van der Waals surface area contributed by atoms with Crippen LogP contribution in [0.25, 0.3) is 0 Å². The van der Waals surface area contributed by atoms with Gasteiger partial charge in [0.15, 0.2) is 5.76 Å². The maximum Gasteiger partial charge on any atom is 0.291 e. The van der Waals surface area contributed by atoms with Crippen molar-refractivity contribution < 1.29 is 28.3 Å². The fraction of sp³-hybridized carbons (Fsp3) is 0.269. The van der Waals surface area contributed by atoms with Crippen LogP contribution in [0, 0.1) is 5.92 Å². The third kappa shape index (κ3) is 4.19. The molecule has 0 N–H and O–H groups in total. The molecule has 1 aromatic heterocycles. The number of benzene rings is 2. The Balaban J connectivity index is 1.52. The first-order chi connectivity index (χ1) is 16.1. The highest BCUT2D eigenvalue weighted by Gasteiger charge is 2.52. The normalized spacial score (nSPS) is 22.7. The van der Waals surface area contributed by atoms with Crippen LogP contribution in [0.4, 0.5) is 0 Å². The van der Waals surface area contributed by atoms with E-state index in [1.165, 1.54) is 17.2 Å². The molecule has 3 aromatic rings. The van der Waals surface area contributed by atoms with Gasteiger partial charge in [-0.15, -0.1) is 0 Å². The quantitative estimate of drug-likeness (QED) is 0.308. The summed E-state index contributed by atoms with van der Waals surface area (Å²) in [6.45, 7) is 0.876. The molecule has 5 rings (SSSR count). The summed E-state index contributed by atoms with van der Waals surface area (Å²) < 4.78 is 16.9. The molecule has 0 aliphatic carbocycles. The third-order valence-corrected chi connectivity index (χ3v) is 6.05. The lowest BCUT2D eigenvalue weighted by Crippen LogP contribution is -2.36. The van der Waals surface area contributed by atoms with Crippen molar-refractivity contribution in [3.05, 3.63) is 84.3 Å². The average molecular weight is 445 g/mol. The van der Waals surface area contributed by atoms with Crippen LogP contribution < -0.4 is 4.74 Å². The smallest absolute Gasteiger partial charge is 0.291 e. The molecule has 2 aliphatic rings. The molecule has 2 saturated heterocycles. The van der Waals surface area contributed by atoms with Gasteiger partial charge in [-0.3, -0.25) is 14.4 Å². The molecular formula is C26H23NO6. The van der Waals surface area contributed by atoms with E-state index in [4.69, 9.17) is 13.9 Å². The van der Waals surface area contributed by atoms with E-state index < -0.39 is 29.4 Å². The van der Waals surface area contributed by atoms with Crippen LogP contribution in [0.5, 0.6) is 11.5 Å². The number of hydrogen-bond donors (Lipinski definition) is 0. The predicted molar refractivity (Wildman–Crippen MR) is 118 cm³/mol. The Kier molecular flexibility index (Phi) is 5.79. The molecule has 3 heterocycles. The molecule has 1 amide bonds. The summed E-state index contributed by atoms with van der Waals surface area (Å²) >= 11 is 0. The SMILES string of the molecule is O=C1C(=O)N(CC2CCCO2)C(c2cccc(Oc3ccccc3)c2)C1C(=O)c1ccco1. The maximum absolute atomic E-state index is 13.3. The van der Waals surface area contributed by atoms with E-state index in [1.54, 1.807) is 30.3 Å². The van der Waals surface area contributed by atoms with E-state index in [0.717, 1.165) is 12.8 Å². The topological polar surface area (TPSA) is 86.0 Å². The number of hydrogen-bond acceptors (Lipinski definition) is 6. The zero-order chi connectivity index (χ0) is 22.8. The summed E-state index contributed by atoms with van der Waals surface area (Å²) in [5.41, 5.74) is 0.644. The van der Waals surface area contributed by atoms with Gasteiger partial charge in [0.05, 0.1) is 18.4 Å². The van der Waals surface area contributed by atoms with E-state index in [0.29, 0.717) is 23.7 Å². The van der Waals surface area contributed by atoms with Crippen LogP contribution in [0.15, 0.2) is 77.4 Å². The number of carbonyl (C=O) groups is 3. The van der Waals surface area contributed by atoms with Crippen molar-refractivity contribution in [3.8, 4) is 11.5 Å². The lowest BCUT2D eigenvalue weighted by Gasteiger charge is -2.29. The number of amides is 1. The Hall–Kier alpha value is -3.71. The van der Waals surface area contributed by atoms with E-state index in [1.807, 2.05) is 30.3 Å². The molecule has 7 heteroatoms. The zero-order valence-corrected chi connectivity index (χ0v) is 17.9. The molecule has 168 valence electrons. The van der Waals surface area contributed by atoms with Gasteiger partial charge in [-0.1, -0.05) is 30.3 Å². The van der Waals surface area contributed by atoms with Gasteiger partial charge in [-0.2, -0.15) is 0 Å². The van der Waals surface area contributed by atoms with Crippen molar-refractivity contribution >= 4 is 17.5 Å². The van der Waals surface area contributed by atoms with Crippen molar-refractivity contribution in [1.29, 1.82) is 0 Å². The highest BCUT2D eigenvalue weighted by atomic mass is 16.5. The lowest BCUT2D eigenvalue weighted by molar-refractivity contribution is -0.141. The molecule has 7 nitrogen and oxygen atoms in total. The molecule has 0 spiro atoms. The molecule has 0 bridgehead atoms. The first-order valence-electron chi connectivity index (χ1n) is 11.0. The van der Waals surface area contributed by atoms with Crippen molar-refractivity contribution in [1.82, 2.24) is 4.90 Å². The van der Waals surface area contributed by atoms with Gasteiger partial charge >= 0.3 is 0 Å².